The van der Waals surface area contributed by atoms with Crippen molar-refractivity contribution in [3.63, 3.8) is 0 Å². The maximum Gasteiger partial charge on any atom is 0.154 e. The number of nitrogens with one attached hydrogen (secondary N) is 1. The van der Waals surface area contributed by atoms with E-state index in [1.54, 1.807) is 13.2 Å². The van der Waals surface area contributed by atoms with Gasteiger partial charge in [-0.15, -0.1) is 0 Å². The van der Waals surface area contributed by atoms with E-state index in [9.17, 15) is 5.11 Å². The molecule has 1 aliphatic heterocycles. The summed E-state index contributed by atoms with van der Waals surface area (Å²) in [6.07, 6.45) is 7.64. The third kappa shape index (κ3) is 5.61. The summed E-state index contributed by atoms with van der Waals surface area (Å²) in [5.74, 6) is 2.51. The molecular formula is C29H30N4O2. The summed E-state index contributed by atoms with van der Waals surface area (Å²) in [6, 6.07) is 21.5. The normalized spacial score (nSPS) is 14.4. The van der Waals surface area contributed by atoms with Gasteiger partial charge >= 0.3 is 0 Å². The van der Waals surface area contributed by atoms with Crippen LogP contribution in [0.3, 0.4) is 0 Å². The zero-order valence-corrected chi connectivity index (χ0v) is 19.9. The monoisotopic (exact) mass is 466 g/mol. The Morgan fingerprint density at radius 1 is 0.943 bits per heavy atom. The molecule has 0 spiro atoms. The third-order valence-electron chi connectivity index (χ3n) is 6.35. The number of para-hydroxylation sites is 1. The quantitative estimate of drug-likeness (QED) is 0.314. The van der Waals surface area contributed by atoms with E-state index >= 15 is 0 Å². The fourth-order valence-corrected chi connectivity index (χ4v) is 4.44. The van der Waals surface area contributed by atoms with Crippen LogP contribution in [0.5, 0.6) is 11.5 Å². The van der Waals surface area contributed by atoms with Gasteiger partial charge in [0.1, 0.15) is 17.3 Å². The van der Waals surface area contributed by atoms with Crippen molar-refractivity contribution in [2.75, 3.05) is 25.5 Å². The lowest BCUT2D eigenvalue weighted by Crippen LogP contribution is -2.29. The van der Waals surface area contributed by atoms with E-state index in [4.69, 9.17) is 14.7 Å². The molecule has 1 saturated heterocycles. The molecule has 178 valence electrons. The average Bonchev–Trinajstić information content (AvgIpc) is 2.90. The molecule has 0 bridgehead atoms. The second-order valence-electron chi connectivity index (χ2n) is 8.86. The number of piperidine rings is 1. The van der Waals surface area contributed by atoms with Crippen LogP contribution in [0.25, 0.3) is 23.1 Å². The largest absolute Gasteiger partial charge is 0.508 e. The molecule has 6 nitrogen and oxygen atoms in total. The molecular weight excluding hydrogens is 436 g/mol. The summed E-state index contributed by atoms with van der Waals surface area (Å²) >= 11 is 0. The lowest BCUT2D eigenvalue weighted by atomic mass is 10.1. The lowest BCUT2D eigenvalue weighted by Gasteiger charge is -2.26. The molecule has 2 heterocycles. The molecule has 1 aromatic heterocycles. The van der Waals surface area contributed by atoms with Gasteiger partial charge in [0, 0.05) is 23.2 Å². The molecule has 1 fully saturated rings. The first kappa shape index (κ1) is 22.9. The van der Waals surface area contributed by atoms with Gasteiger partial charge < -0.3 is 15.2 Å². The van der Waals surface area contributed by atoms with E-state index in [0.717, 1.165) is 58.9 Å². The van der Waals surface area contributed by atoms with Gasteiger partial charge in [0.25, 0.3) is 0 Å². The number of anilines is 2. The molecule has 6 heteroatoms. The van der Waals surface area contributed by atoms with E-state index in [2.05, 4.69) is 10.2 Å². The molecule has 0 unspecified atom stereocenters. The van der Waals surface area contributed by atoms with Crippen LogP contribution in [0.4, 0.5) is 11.5 Å². The fourth-order valence-electron chi connectivity index (χ4n) is 4.44. The van der Waals surface area contributed by atoms with Crippen molar-refractivity contribution in [3.8, 4) is 11.5 Å². The molecule has 1 aliphatic rings. The molecule has 0 saturated carbocycles. The van der Waals surface area contributed by atoms with Crippen LogP contribution in [-0.4, -0.2) is 40.2 Å². The lowest BCUT2D eigenvalue weighted by molar-refractivity contribution is 0.218. The Bertz CT molecular complexity index is 1330. The zero-order valence-electron chi connectivity index (χ0n) is 19.9. The number of rotatable bonds is 7. The van der Waals surface area contributed by atoms with Crippen molar-refractivity contribution in [2.24, 2.45) is 0 Å². The molecule has 0 atom stereocenters. The summed E-state index contributed by atoms with van der Waals surface area (Å²) in [5, 5.41) is 14.9. The van der Waals surface area contributed by atoms with Crippen molar-refractivity contribution in [1.29, 1.82) is 0 Å². The molecule has 3 aromatic carbocycles. The maximum atomic E-state index is 10.5. The minimum Gasteiger partial charge on any atom is -0.508 e. The first-order valence-electron chi connectivity index (χ1n) is 12.1. The highest BCUT2D eigenvalue weighted by atomic mass is 16.5. The van der Waals surface area contributed by atoms with Gasteiger partial charge in [-0.2, -0.15) is 0 Å². The van der Waals surface area contributed by atoms with Crippen molar-refractivity contribution < 1.29 is 9.84 Å². The van der Waals surface area contributed by atoms with Crippen LogP contribution >= 0.6 is 0 Å². The Morgan fingerprint density at radius 2 is 1.74 bits per heavy atom. The topological polar surface area (TPSA) is 70.5 Å². The van der Waals surface area contributed by atoms with E-state index in [1.807, 2.05) is 72.8 Å². The molecule has 35 heavy (non-hydrogen) atoms. The summed E-state index contributed by atoms with van der Waals surface area (Å²) in [4.78, 5) is 11.9. The number of hydrogen-bond donors (Lipinski definition) is 2. The fraction of sp³-hybridized carbons (Fsp3) is 0.241. The Kier molecular flexibility index (Phi) is 6.91. The maximum absolute atomic E-state index is 10.5. The van der Waals surface area contributed by atoms with Gasteiger partial charge in [0.15, 0.2) is 5.82 Å². The number of likely N-dealkylation sites (tertiary alicyclic amines) is 1. The van der Waals surface area contributed by atoms with Gasteiger partial charge in [0.05, 0.1) is 12.6 Å². The van der Waals surface area contributed by atoms with Gasteiger partial charge in [-0.3, -0.25) is 4.90 Å². The second kappa shape index (κ2) is 10.6. The van der Waals surface area contributed by atoms with Crippen LogP contribution in [-0.2, 0) is 6.54 Å². The Labute approximate surface area is 205 Å². The standard InChI is InChI=1S/C29H30N4O2/c1-35-24-13-9-21(10-14-24)11-16-28-31-26-8-4-3-7-25(26)29(32-28)30-23-12-15-27(34)22(19-23)20-33-17-5-2-6-18-33/h3-4,7-16,19,34H,2,5-6,17-18,20H2,1H3,(H,30,31,32)/b16-11-. The van der Waals surface area contributed by atoms with Crippen molar-refractivity contribution in [1.82, 2.24) is 14.9 Å². The molecule has 0 amide bonds. The van der Waals surface area contributed by atoms with Crippen LogP contribution in [0.2, 0.25) is 0 Å². The smallest absolute Gasteiger partial charge is 0.154 e. The Hall–Kier alpha value is -3.90. The summed E-state index contributed by atoms with van der Waals surface area (Å²) in [5.41, 5.74) is 3.73. The number of methoxy groups -OCH3 is 1. The van der Waals surface area contributed by atoms with Gasteiger partial charge in [0.2, 0.25) is 0 Å². The molecule has 0 radical (unpaired) electrons. The van der Waals surface area contributed by atoms with Crippen molar-refractivity contribution >= 4 is 34.6 Å². The van der Waals surface area contributed by atoms with E-state index in [0.29, 0.717) is 11.6 Å². The first-order chi connectivity index (χ1) is 17.2. The van der Waals surface area contributed by atoms with Crippen LogP contribution in [0.15, 0.2) is 66.7 Å². The number of aromatic hydroxyl groups is 1. The summed E-state index contributed by atoms with van der Waals surface area (Å²) in [7, 11) is 1.66. The summed E-state index contributed by atoms with van der Waals surface area (Å²) in [6.45, 7) is 2.91. The zero-order chi connectivity index (χ0) is 24.0. The number of benzene rings is 3. The number of fused-ring (bicyclic) bond motifs is 1. The number of phenols is 1. The van der Waals surface area contributed by atoms with E-state index < -0.39 is 0 Å². The molecule has 0 aliphatic carbocycles. The predicted molar refractivity (Wildman–Crippen MR) is 142 cm³/mol. The van der Waals surface area contributed by atoms with Gasteiger partial charge in [-0.25, -0.2) is 9.97 Å². The number of phenolic OH excluding ortho intramolecular Hbond substituents is 1. The van der Waals surface area contributed by atoms with Gasteiger partial charge in [-0.05, 0) is 80.0 Å². The van der Waals surface area contributed by atoms with Crippen LogP contribution < -0.4 is 10.1 Å². The Balaban J connectivity index is 1.42. The number of hydrogen-bond acceptors (Lipinski definition) is 6. The highest BCUT2D eigenvalue weighted by Crippen LogP contribution is 2.29. The first-order valence-corrected chi connectivity index (χ1v) is 12.1. The van der Waals surface area contributed by atoms with E-state index in [-0.39, 0.29) is 0 Å². The highest BCUT2D eigenvalue weighted by Gasteiger charge is 2.14. The predicted octanol–water partition coefficient (Wildman–Crippen LogP) is 6.24. The Morgan fingerprint density at radius 3 is 2.54 bits per heavy atom. The highest BCUT2D eigenvalue weighted by molar-refractivity contribution is 5.91. The minimum absolute atomic E-state index is 0.330. The summed E-state index contributed by atoms with van der Waals surface area (Å²) < 4.78 is 5.24. The average molecular weight is 467 g/mol. The molecule has 5 rings (SSSR count). The van der Waals surface area contributed by atoms with Crippen molar-refractivity contribution in [2.45, 2.75) is 25.8 Å². The minimum atomic E-state index is 0.330. The number of aromatic nitrogens is 2. The number of ether oxygens (including phenoxy) is 1. The number of nitrogens with zero attached hydrogens (tertiary/aromatic N) is 3. The molecule has 2 N–H and O–H groups in total. The van der Waals surface area contributed by atoms with E-state index in [1.165, 1.54) is 19.3 Å². The van der Waals surface area contributed by atoms with Crippen LogP contribution in [0, 0.1) is 0 Å². The third-order valence-corrected chi connectivity index (χ3v) is 6.35. The molecule has 4 aromatic rings. The van der Waals surface area contributed by atoms with Crippen molar-refractivity contribution in [3.05, 3.63) is 83.7 Å². The second-order valence-corrected chi connectivity index (χ2v) is 8.86. The SMILES string of the molecule is COc1ccc(/C=C\c2nc(Nc3ccc(O)c(CN4CCCCC4)c3)c3ccccc3n2)cc1. The van der Waals surface area contributed by atoms with Gasteiger partial charge in [-0.1, -0.05) is 36.8 Å². The van der Waals surface area contributed by atoms with Crippen LogP contribution in [0.1, 0.15) is 36.2 Å².